The first-order valence-electron chi connectivity index (χ1n) is 13.1. The molecule has 0 aromatic carbocycles. The first kappa shape index (κ1) is 31.0. The zero-order valence-corrected chi connectivity index (χ0v) is 22.1. The van der Waals surface area contributed by atoms with Crippen molar-refractivity contribution in [2.24, 2.45) is 5.92 Å². The summed E-state index contributed by atoms with van der Waals surface area (Å²) < 4.78 is 10.6. The molecule has 0 aromatic heterocycles. The molecule has 0 N–H and O–H groups in total. The van der Waals surface area contributed by atoms with Crippen LogP contribution < -0.4 is 0 Å². The van der Waals surface area contributed by atoms with Gasteiger partial charge >= 0.3 is 12.1 Å². The summed E-state index contributed by atoms with van der Waals surface area (Å²) in [6.07, 6.45) is 18.2. The lowest BCUT2D eigenvalue weighted by atomic mass is 10.0. The van der Waals surface area contributed by atoms with Crippen molar-refractivity contribution in [1.82, 2.24) is 4.90 Å². The molecule has 0 fully saturated rings. The zero-order chi connectivity index (χ0) is 24.0. The SMILES string of the molecule is CCCCCCCCCCCCCCCCOC(=O)C(C(C)C)N(C)C(=O)OCCCCl. The third-order valence-corrected chi connectivity index (χ3v) is 6.09. The molecule has 0 aromatic rings. The van der Waals surface area contributed by atoms with E-state index < -0.39 is 12.1 Å². The van der Waals surface area contributed by atoms with Crippen LogP contribution in [-0.2, 0) is 14.3 Å². The number of amides is 1. The van der Waals surface area contributed by atoms with E-state index in [1.54, 1.807) is 7.05 Å². The van der Waals surface area contributed by atoms with Crippen molar-refractivity contribution in [3.8, 4) is 0 Å². The number of hydrogen-bond donors (Lipinski definition) is 0. The summed E-state index contributed by atoms with van der Waals surface area (Å²) in [6.45, 7) is 6.74. The van der Waals surface area contributed by atoms with Crippen LogP contribution in [0.1, 0.15) is 117 Å². The Labute approximate surface area is 202 Å². The van der Waals surface area contributed by atoms with Crippen LogP contribution in [0.4, 0.5) is 4.79 Å². The van der Waals surface area contributed by atoms with E-state index in [1.165, 1.54) is 81.9 Å². The van der Waals surface area contributed by atoms with Gasteiger partial charge in [0.05, 0.1) is 13.2 Å². The first-order valence-corrected chi connectivity index (χ1v) is 13.6. The molecule has 5 nitrogen and oxygen atoms in total. The molecule has 190 valence electrons. The van der Waals surface area contributed by atoms with E-state index in [2.05, 4.69) is 6.92 Å². The summed E-state index contributed by atoms with van der Waals surface area (Å²) in [7, 11) is 1.58. The summed E-state index contributed by atoms with van der Waals surface area (Å²) in [4.78, 5) is 26.0. The van der Waals surface area contributed by atoms with Gasteiger partial charge in [-0.05, 0) is 18.8 Å². The van der Waals surface area contributed by atoms with Crippen LogP contribution >= 0.6 is 11.6 Å². The highest BCUT2D eigenvalue weighted by atomic mass is 35.5. The van der Waals surface area contributed by atoms with E-state index in [0.717, 1.165) is 12.8 Å². The predicted molar refractivity (Wildman–Crippen MR) is 134 cm³/mol. The monoisotopic (exact) mass is 475 g/mol. The Kier molecular flexibility index (Phi) is 21.2. The summed E-state index contributed by atoms with van der Waals surface area (Å²) in [6, 6.07) is -0.634. The zero-order valence-electron chi connectivity index (χ0n) is 21.3. The van der Waals surface area contributed by atoms with Crippen LogP contribution in [0.5, 0.6) is 0 Å². The predicted octanol–water partition coefficient (Wildman–Crippen LogP) is 7.73. The lowest BCUT2D eigenvalue weighted by Gasteiger charge is -2.28. The topological polar surface area (TPSA) is 55.8 Å². The largest absolute Gasteiger partial charge is 0.464 e. The quantitative estimate of drug-likeness (QED) is 0.0967. The molecule has 0 bridgehead atoms. The van der Waals surface area contributed by atoms with Crippen molar-refractivity contribution < 1.29 is 19.1 Å². The minimum Gasteiger partial charge on any atom is -0.464 e. The number of alkyl halides is 1. The molecule has 0 saturated carbocycles. The first-order chi connectivity index (χ1) is 15.5. The molecule has 32 heavy (non-hydrogen) atoms. The van der Waals surface area contributed by atoms with Crippen molar-refractivity contribution in [3.63, 3.8) is 0 Å². The fourth-order valence-corrected chi connectivity index (χ4v) is 3.97. The number of unbranched alkanes of at least 4 members (excludes halogenated alkanes) is 13. The normalized spacial score (nSPS) is 12.1. The lowest BCUT2D eigenvalue weighted by Crippen LogP contribution is -2.47. The molecule has 0 aliphatic carbocycles. The fourth-order valence-electron chi connectivity index (χ4n) is 3.86. The molecule has 6 heteroatoms. The van der Waals surface area contributed by atoms with Crippen molar-refractivity contribution in [2.75, 3.05) is 26.1 Å². The van der Waals surface area contributed by atoms with Crippen molar-refractivity contribution in [3.05, 3.63) is 0 Å². The molecule has 0 aliphatic rings. The van der Waals surface area contributed by atoms with E-state index in [9.17, 15) is 9.59 Å². The Hall–Kier alpha value is -0.970. The maximum Gasteiger partial charge on any atom is 0.410 e. The second-order valence-corrected chi connectivity index (χ2v) is 9.60. The number of rotatable bonds is 21. The second-order valence-electron chi connectivity index (χ2n) is 9.22. The molecule has 0 saturated heterocycles. The number of hydrogen-bond acceptors (Lipinski definition) is 4. The number of nitrogens with zero attached hydrogens (tertiary/aromatic N) is 1. The summed E-state index contributed by atoms with van der Waals surface area (Å²) in [5.41, 5.74) is 0. The number of carbonyl (C=O) groups excluding carboxylic acids is 2. The Bertz CT molecular complexity index is 459. The molecule has 0 radical (unpaired) electrons. The van der Waals surface area contributed by atoms with Gasteiger partial charge in [-0.3, -0.25) is 4.90 Å². The second kappa shape index (κ2) is 21.9. The van der Waals surface area contributed by atoms with Gasteiger partial charge in [0.2, 0.25) is 0 Å². The van der Waals surface area contributed by atoms with Gasteiger partial charge in [0.25, 0.3) is 0 Å². The van der Waals surface area contributed by atoms with Crippen LogP contribution in [0.15, 0.2) is 0 Å². The Morgan fingerprint density at radius 3 is 1.59 bits per heavy atom. The van der Waals surface area contributed by atoms with E-state index in [-0.39, 0.29) is 18.5 Å². The average molecular weight is 476 g/mol. The third-order valence-electron chi connectivity index (χ3n) is 5.82. The van der Waals surface area contributed by atoms with Crippen LogP contribution in [0.25, 0.3) is 0 Å². The van der Waals surface area contributed by atoms with Crippen molar-refractivity contribution in [2.45, 2.75) is 123 Å². The Morgan fingerprint density at radius 2 is 1.16 bits per heavy atom. The standard InChI is InChI=1S/C26H50ClNO4/c1-5-6-7-8-9-10-11-12-13-14-15-16-17-18-21-31-25(29)24(23(2)3)28(4)26(30)32-22-19-20-27/h23-24H,5-22H2,1-4H3. The van der Waals surface area contributed by atoms with E-state index in [0.29, 0.717) is 18.9 Å². The summed E-state index contributed by atoms with van der Waals surface area (Å²) in [5.74, 6) is 0.0298. The highest BCUT2D eigenvalue weighted by Crippen LogP contribution is 2.15. The highest BCUT2D eigenvalue weighted by Gasteiger charge is 2.32. The minimum absolute atomic E-state index is 0.0515. The van der Waals surface area contributed by atoms with Crippen LogP contribution in [0, 0.1) is 5.92 Å². The van der Waals surface area contributed by atoms with Gasteiger partial charge in [-0.25, -0.2) is 9.59 Å². The van der Waals surface area contributed by atoms with Gasteiger partial charge in [-0.1, -0.05) is 104 Å². The van der Waals surface area contributed by atoms with Crippen LogP contribution in [0.3, 0.4) is 0 Å². The number of likely N-dealkylation sites (N-methyl/N-ethyl adjacent to an activating group) is 1. The van der Waals surface area contributed by atoms with Gasteiger partial charge in [-0.2, -0.15) is 0 Å². The molecule has 1 unspecified atom stereocenters. The van der Waals surface area contributed by atoms with E-state index in [1.807, 2.05) is 13.8 Å². The molecule has 0 aliphatic heterocycles. The fraction of sp³-hybridized carbons (Fsp3) is 0.923. The minimum atomic E-state index is -0.634. The highest BCUT2D eigenvalue weighted by molar-refractivity contribution is 6.17. The number of ether oxygens (including phenoxy) is 2. The third kappa shape index (κ3) is 16.6. The summed E-state index contributed by atoms with van der Waals surface area (Å²) >= 11 is 5.60. The molecule has 1 amide bonds. The smallest absolute Gasteiger partial charge is 0.410 e. The van der Waals surface area contributed by atoms with E-state index >= 15 is 0 Å². The van der Waals surface area contributed by atoms with Gasteiger partial charge in [-0.15, -0.1) is 11.6 Å². The maximum atomic E-state index is 12.5. The molecular weight excluding hydrogens is 426 g/mol. The molecule has 0 spiro atoms. The van der Waals surface area contributed by atoms with Gasteiger partial charge < -0.3 is 9.47 Å². The van der Waals surface area contributed by atoms with Gasteiger partial charge in [0.15, 0.2) is 0 Å². The van der Waals surface area contributed by atoms with Crippen LogP contribution in [-0.4, -0.2) is 49.1 Å². The molecule has 1 atom stereocenters. The Morgan fingerprint density at radius 1 is 0.719 bits per heavy atom. The van der Waals surface area contributed by atoms with Gasteiger partial charge in [0, 0.05) is 12.9 Å². The maximum absolute atomic E-state index is 12.5. The van der Waals surface area contributed by atoms with E-state index in [4.69, 9.17) is 21.1 Å². The molecule has 0 heterocycles. The summed E-state index contributed by atoms with van der Waals surface area (Å²) in [5, 5.41) is 0. The number of carbonyl (C=O) groups is 2. The number of halogens is 1. The Balaban J connectivity index is 3.77. The average Bonchev–Trinajstić information content (AvgIpc) is 2.76. The van der Waals surface area contributed by atoms with Gasteiger partial charge in [0.1, 0.15) is 6.04 Å². The molecular formula is C26H50ClNO4. The van der Waals surface area contributed by atoms with Crippen LogP contribution in [0.2, 0.25) is 0 Å². The van der Waals surface area contributed by atoms with Crippen molar-refractivity contribution >= 4 is 23.7 Å². The lowest BCUT2D eigenvalue weighted by molar-refractivity contribution is -0.150. The van der Waals surface area contributed by atoms with Crippen molar-refractivity contribution in [1.29, 1.82) is 0 Å². The molecule has 0 rings (SSSR count). The number of esters is 1.